The number of ether oxygens (including phenoxy) is 1. The summed E-state index contributed by atoms with van der Waals surface area (Å²) in [5.74, 6) is 0. The Morgan fingerprint density at radius 2 is 2.05 bits per heavy atom. The van der Waals surface area contributed by atoms with Gasteiger partial charge in [-0.05, 0) is 29.5 Å². The van der Waals surface area contributed by atoms with Crippen molar-refractivity contribution >= 4 is 11.3 Å². The highest BCUT2D eigenvalue weighted by molar-refractivity contribution is 7.13. The molecule has 21 heavy (non-hydrogen) atoms. The highest BCUT2D eigenvalue weighted by atomic mass is 32.1. The summed E-state index contributed by atoms with van der Waals surface area (Å²) in [6.07, 6.45) is 0. The maximum absolute atomic E-state index is 9.44. The summed E-state index contributed by atoms with van der Waals surface area (Å²) < 4.78 is 5.23. The van der Waals surface area contributed by atoms with E-state index in [4.69, 9.17) is 4.74 Å². The van der Waals surface area contributed by atoms with Gasteiger partial charge in [0.2, 0.25) is 0 Å². The topological polar surface area (TPSA) is 41.5 Å². The Labute approximate surface area is 129 Å². The summed E-state index contributed by atoms with van der Waals surface area (Å²) in [6, 6.07) is 13.2. The van der Waals surface area contributed by atoms with Crippen LogP contribution in [-0.4, -0.2) is 31.5 Å². The predicted octanol–water partition coefficient (Wildman–Crippen LogP) is 3.07. The zero-order valence-corrected chi connectivity index (χ0v) is 13.0. The molecule has 3 nitrogen and oxygen atoms in total. The van der Waals surface area contributed by atoms with Gasteiger partial charge in [-0.2, -0.15) is 0 Å². The van der Waals surface area contributed by atoms with Gasteiger partial charge in [0.15, 0.2) is 0 Å². The van der Waals surface area contributed by atoms with Crippen LogP contribution in [0.1, 0.15) is 18.5 Å². The van der Waals surface area contributed by atoms with Crippen LogP contribution in [0.25, 0.3) is 10.4 Å². The van der Waals surface area contributed by atoms with Crippen LogP contribution < -0.4 is 5.32 Å². The quantitative estimate of drug-likeness (QED) is 0.862. The van der Waals surface area contributed by atoms with E-state index < -0.39 is 0 Å². The molecule has 0 radical (unpaired) electrons. The van der Waals surface area contributed by atoms with Crippen molar-refractivity contribution in [1.29, 1.82) is 0 Å². The fourth-order valence-corrected chi connectivity index (χ4v) is 3.24. The van der Waals surface area contributed by atoms with Crippen molar-refractivity contribution in [2.24, 2.45) is 5.41 Å². The summed E-state index contributed by atoms with van der Waals surface area (Å²) in [4.78, 5) is 1.30. The van der Waals surface area contributed by atoms with Gasteiger partial charge in [-0.1, -0.05) is 30.3 Å². The summed E-state index contributed by atoms with van der Waals surface area (Å²) >= 11 is 1.76. The maximum Gasteiger partial charge on any atom is 0.0579 e. The Hall–Kier alpha value is -1.20. The number of hydrogen-bond donors (Lipinski definition) is 2. The molecule has 1 aliphatic heterocycles. The third kappa shape index (κ3) is 3.19. The molecule has 2 aromatic rings. The Morgan fingerprint density at radius 3 is 2.57 bits per heavy atom. The predicted molar refractivity (Wildman–Crippen MR) is 86.5 cm³/mol. The van der Waals surface area contributed by atoms with Crippen molar-refractivity contribution in [3.8, 4) is 10.4 Å². The van der Waals surface area contributed by atoms with E-state index >= 15 is 0 Å². The molecular formula is C17H21NO2S. The van der Waals surface area contributed by atoms with Gasteiger partial charge in [0, 0.05) is 17.5 Å². The van der Waals surface area contributed by atoms with Gasteiger partial charge in [0.1, 0.15) is 0 Å². The van der Waals surface area contributed by atoms with Gasteiger partial charge in [-0.25, -0.2) is 0 Å². The van der Waals surface area contributed by atoms with Crippen molar-refractivity contribution in [2.75, 3.05) is 26.4 Å². The number of aliphatic hydroxyl groups is 1. The zero-order chi connectivity index (χ0) is 14.7. The van der Waals surface area contributed by atoms with Gasteiger partial charge in [-0.3, -0.25) is 0 Å². The molecule has 0 spiro atoms. The number of aliphatic hydroxyl groups excluding tert-OH is 1. The third-order valence-electron chi connectivity index (χ3n) is 4.15. The number of thiophene rings is 1. The van der Waals surface area contributed by atoms with Crippen LogP contribution in [0.3, 0.4) is 0 Å². The van der Waals surface area contributed by atoms with Crippen LogP contribution >= 0.6 is 11.3 Å². The van der Waals surface area contributed by atoms with Crippen LogP contribution in [-0.2, 0) is 4.74 Å². The monoisotopic (exact) mass is 303 g/mol. The standard InChI is InChI=1S/C17H21NO2S/c1-13(18-9-17(10-19)11-20-12-17)14-4-6-15(7-5-14)16-3-2-8-21-16/h2-8,13,18-19H,9-12H2,1H3. The lowest BCUT2D eigenvalue weighted by Crippen LogP contribution is -2.52. The molecule has 2 heterocycles. The minimum atomic E-state index is -0.0782. The Kier molecular flexibility index (Phi) is 4.40. The summed E-state index contributed by atoms with van der Waals surface area (Å²) in [6.45, 7) is 4.44. The molecule has 1 fully saturated rings. The first kappa shape index (κ1) is 14.7. The number of rotatable bonds is 6. The van der Waals surface area contributed by atoms with Crippen molar-refractivity contribution in [2.45, 2.75) is 13.0 Å². The van der Waals surface area contributed by atoms with Gasteiger partial charge >= 0.3 is 0 Å². The molecule has 1 aromatic heterocycles. The minimum absolute atomic E-state index is 0.0782. The molecule has 1 atom stereocenters. The van der Waals surface area contributed by atoms with Gasteiger partial charge < -0.3 is 15.2 Å². The molecule has 1 aliphatic rings. The molecule has 3 rings (SSSR count). The molecule has 1 unspecified atom stereocenters. The van der Waals surface area contributed by atoms with Crippen LogP contribution in [0.2, 0.25) is 0 Å². The van der Waals surface area contributed by atoms with Gasteiger partial charge in [0.05, 0.1) is 25.2 Å². The van der Waals surface area contributed by atoms with Crippen molar-refractivity contribution in [1.82, 2.24) is 5.32 Å². The van der Waals surface area contributed by atoms with Crippen molar-refractivity contribution in [3.05, 3.63) is 47.3 Å². The fraction of sp³-hybridized carbons (Fsp3) is 0.412. The summed E-state index contributed by atoms with van der Waals surface area (Å²) in [7, 11) is 0. The molecule has 0 saturated carbocycles. The minimum Gasteiger partial charge on any atom is -0.396 e. The van der Waals surface area contributed by atoms with Gasteiger partial charge in [0.25, 0.3) is 0 Å². The fourth-order valence-electron chi connectivity index (χ4n) is 2.51. The zero-order valence-electron chi connectivity index (χ0n) is 12.2. The third-order valence-corrected chi connectivity index (χ3v) is 5.07. The molecule has 0 amide bonds. The number of hydrogen-bond acceptors (Lipinski definition) is 4. The highest BCUT2D eigenvalue weighted by Crippen LogP contribution is 2.28. The lowest BCUT2D eigenvalue weighted by Gasteiger charge is -2.40. The maximum atomic E-state index is 9.44. The Bertz CT molecular complexity index is 555. The van der Waals surface area contributed by atoms with E-state index in [2.05, 4.69) is 54.0 Å². The van der Waals surface area contributed by atoms with E-state index in [0.29, 0.717) is 13.2 Å². The lowest BCUT2D eigenvalue weighted by molar-refractivity contribution is -0.135. The van der Waals surface area contributed by atoms with E-state index in [0.717, 1.165) is 6.54 Å². The largest absolute Gasteiger partial charge is 0.396 e. The average Bonchev–Trinajstić information content (AvgIpc) is 3.01. The molecule has 4 heteroatoms. The van der Waals surface area contributed by atoms with Crippen LogP contribution in [0.4, 0.5) is 0 Å². The summed E-state index contributed by atoms with van der Waals surface area (Å²) in [5, 5.41) is 15.1. The molecule has 0 aliphatic carbocycles. The SMILES string of the molecule is CC(NCC1(CO)COC1)c1ccc(-c2cccs2)cc1. The lowest BCUT2D eigenvalue weighted by atomic mass is 9.86. The van der Waals surface area contributed by atoms with E-state index in [1.807, 2.05) is 0 Å². The Balaban J connectivity index is 1.61. The van der Waals surface area contributed by atoms with Crippen LogP contribution in [0.15, 0.2) is 41.8 Å². The summed E-state index contributed by atoms with van der Waals surface area (Å²) in [5.41, 5.74) is 2.45. The first-order chi connectivity index (χ1) is 10.2. The van der Waals surface area contributed by atoms with Gasteiger partial charge in [-0.15, -0.1) is 11.3 Å². The number of nitrogens with one attached hydrogen (secondary N) is 1. The highest BCUT2D eigenvalue weighted by Gasteiger charge is 2.37. The smallest absolute Gasteiger partial charge is 0.0579 e. The Morgan fingerprint density at radius 1 is 1.29 bits per heavy atom. The van der Waals surface area contributed by atoms with E-state index in [1.165, 1.54) is 16.0 Å². The molecule has 2 N–H and O–H groups in total. The van der Waals surface area contributed by atoms with E-state index in [9.17, 15) is 5.11 Å². The average molecular weight is 303 g/mol. The first-order valence-electron chi connectivity index (χ1n) is 7.28. The van der Waals surface area contributed by atoms with Crippen LogP contribution in [0.5, 0.6) is 0 Å². The molecular weight excluding hydrogens is 282 g/mol. The second-order valence-electron chi connectivity index (χ2n) is 5.85. The second-order valence-corrected chi connectivity index (χ2v) is 6.80. The first-order valence-corrected chi connectivity index (χ1v) is 8.16. The molecule has 1 aromatic carbocycles. The second kappa shape index (κ2) is 6.28. The molecule has 112 valence electrons. The normalized spacial score (nSPS) is 18.2. The van der Waals surface area contributed by atoms with Crippen molar-refractivity contribution in [3.63, 3.8) is 0 Å². The molecule has 0 bridgehead atoms. The van der Waals surface area contributed by atoms with E-state index in [-0.39, 0.29) is 18.1 Å². The van der Waals surface area contributed by atoms with E-state index in [1.54, 1.807) is 11.3 Å². The number of benzene rings is 1. The van der Waals surface area contributed by atoms with Crippen LogP contribution in [0, 0.1) is 5.41 Å². The molecule has 1 saturated heterocycles. The van der Waals surface area contributed by atoms with Crippen molar-refractivity contribution < 1.29 is 9.84 Å².